The number of rotatable bonds is 10. The van der Waals surface area contributed by atoms with Crippen LogP contribution in [0.25, 0.3) is 5.57 Å². The van der Waals surface area contributed by atoms with Crippen LogP contribution in [0.1, 0.15) is 52.2 Å². The number of benzene rings is 3. The van der Waals surface area contributed by atoms with Gasteiger partial charge in [0.15, 0.2) is 0 Å². The summed E-state index contributed by atoms with van der Waals surface area (Å²) in [6, 6.07) is 24.5. The van der Waals surface area contributed by atoms with Gasteiger partial charge in [-0.15, -0.1) is 0 Å². The summed E-state index contributed by atoms with van der Waals surface area (Å²) >= 11 is 0. The summed E-state index contributed by atoms with van der Waals surface area (Å²) in [7, 11) is 1.76. The number of piperidine rings is 1. The molecule has 1 saturated carbocycles. The molecular formula is C33H40N6O. The largest absolute Gasteiger partial charge is 0.404 e. The fraction of sp³-hybridized carbons (Fsp3) is 0.333. The maximum absolute atomic E-state index is 12.6. The lowest BCUT2D eigenvalue weighted by Crippen LogP contribution is -2.37. The molecule has 2 aliphatic rings. The van der Waals surface area contributed by atoms with Gasteiger partial charge in [-0.05, 0) is 85.8 Å². The minimum absolute atomic E-state index is 0.146. The Morgan fingerprint density at radius 1 is 1.00 bits per heavy atom. The van der Waals surface area contributed by atoms with E-state index < -0.39 is 0 Å². The zero-order valence-corrected chi connectivity index (χ0v) is 23.2. The molecule has 1 heterocycles. The Morgan fingerprint density at radius 2 is 1.70 bits per heavy atom. The molecule has 2 atom stereocenters. The molecule has 7 heteroatoms. The predicted octanol–water partition coefficient (Wildman–Crippen LogP) is 4.88. The molecule has 0 radical (unpaired) electrons. The predicted molar refractivity (Wildman–Crippen MR) is 165 cm³/mol. The molecule has 1 aliphatic heterocycles. The zero-order valence-electron chi connectivity index (χ0n) is 23.2. The number of nitrogens with one attached hydrogen (secondary N) is 2. The molecule has 1 amide bonds. The lowest BCUT2D eigenvalue weighted by molar-refractivity contribution is 0.102. The number of likely N-dealkylation sites (tertiary alicyclic amines) is 1. The van der Waals surface area contributed by atoms with Crippen molar-refractivity contribution >= 4 is 29.1 Å². The van der Waals surface area contributed by atoms with Gasteiger partial charge in [0.25, 0.3) is 5.91 Å². The van der Waals surface area contributed by atoms with Crippen LogP contribution in [0.2, 0.25) is 0 Å². The summed E-state index contributed by atoms with van der Waals surface area (Å²) in [6.07, 6.45) is 7.04. The number of nitrogen functional groups attached to an aromatic ring is 1. The molecule has 208 valence electrons. The fourth-order valence-electron chi connectivity index (χ4n) is 5.56. The van der Waals surface area contributed by atoms with Crippen molar-refractivity contribution in [2.24, 2.45) is 16.6 Å². The van der Waals surface area contributed by atoms with Gasteiger partial charge in [0, 0.05) is 49.1 Å². The van der Waals surface area contributed by atoms with Gasteiger partial charge >= 0.3 is 0 Å². The van der Waals surface area contributed by atoms with E-state index in [1.807, 2.05) is 30.3 Å². The van der Waals surface area contributed by atoms with Crippen LogP contribution >= 0.6 is 0 Å². The first-order valence-corrected chi connectivity index (χ1v) is 14.2. The summed E-state index contributed by atoms with van der Waals surface area (Å²) in [4.78, 5) is 19.2. The van der Waals surface area contributed by atoms with Crippen LogP contribution in [0.3, 0.4) is 0 Å². The minimum atomic E-state index is -0.146. The molecule has 3 aromatic carbocycles. The SMILES string of the molecule is CN=CC(=CN)c1ccc(C2CC2NCC2CCN(Cc3ccc(C(=O)Nc4ccccc4N)cc3)CC2)cc1. The molecule has 2 fully saturated rings. The number of allylic oxidation sites excluding steroid dienone is 1. The summed E-state index contributed by atoms with van der Waals surface area (Å²) in [5, 5.41) is 6.72. The second-order valence-corrected chi connectivity index (χ2v) is 10.9. The quantitative estimate of drug-likeness (QED) is 0.218. The van der Waals surface area contributed by atoms with Crippen molar-refractivity contribution in [3.63, 3.8) is 0 Å². The molecule has 0 bridgehead atoms. The number of amides is 1. The van der Waals surface area contributed by atoms with Crippen molar-refractivity contribution < 1.29 is 4.79 Å². The van der Waals surface area contributed by atoms with Crippen molar-refractivity contribution in [2.45, 2.75) is 37.8 Å². The van der Waals surface area contributed by atoms with E-state index in [1.165, 1.54) is 30.4 Å². The third kappa shape index (κ3) is 6.97. The van der Waals surface area contributed by atoms with Gasteiger partial charge < -0.3 is 22.1 Å². The van der Waals surface area contributed by atoms with Crippen LogP contribution in [0.4, 0.5) is 11.4 Å². The Morgan fingerprint density at radius 3 is 2.38 bits per heavy atom. The minimum Gasteiger partial charge on any atom is -0.404 e. The summed E-state index contributed by atoms with van der Waals surface area (Å²) in [6.45, 7) is 4.22. The Kier molecular flexibility index (Phi) is 8.94. The van der Waals surface area contributed by atoms with E-state index in [0.717, 1.165) is 43.2 Å². The van der Waals surface area contributed by atoms with Crippen LogP contribution in [0.15, 0.2) is 84.0 Å². The van der Waals surface area contributed by atoms with E-state index in [4.69, 9.17) is 11.5 Å². The zero-order chi connectivity index (χ0) is 27.9. The van der Waals surface area contributed by atoms with Gasteiger partial charge in [0.2, 0.25) is 0 Å². The van der Waals surface area contributed by atoms with Crippen molar-refractivity contribution in [1.82, 2.24) is 10.2 Å². The van der Waals surface area contributed by atoms with Gasteiger partial charge in [-0.3, -0.25) is 14.7 Å². The van der Waals surface area contributed by atoms with Crippen LogP contribution in [-0.4, -0.2) is 49.7 Å². The van der Waals surface area contributed by atoms with Crippen LogP contribution in [-0.2, 0) is 6.54 Å². The summed E-state index contributed by atoms with van der Waals surface area (Å²) in [5.74, 6) is 1.18. The molecule has 7 nitrogen and oxygen atoms in total. The molecule has 40 heavy (non-hydrogen) atoms. The average molecular weight is 537 g/mol. The second-order valence-electron chi connectivity index (χ2n) is 10.9. The van der Waals surface area contributed by atoms with E-state index in [-0.39, 0.29) is 5.91 Å². The van der Waals surface area contributed by atoms with Crippen LogP contribution in [0.5, 0.6) is 0 Å². The second kappa shape index (κ2) is 12.9. The average Bonchev–Trinajstić information content (AvgIpc) is 3.77. The third-order valence-corrected chi connectivity index (χ3v) is 8.12. The van der Waals surface area contributed by atoms with E-state index in [0.29, 0.717) is 28.9 Å². The number of anilines is 2. The molecule has 6 N–H and O–H groups in total. The number of carbonyl (C=O) groups is 1. The number of aliphatic imine (C=N–C) groups is 1. The third-order valence-electron chi connectivity index (χ3n) is 8.12. The topological polar surface area (TPSA) is 109 Å². The van der Waals surface area contributed by atoms with Gasteiger partial charge in [-0.25, -0.2) is 0 Å². The highest BCUT2D eigenvalue weighted by molar-refractivity contribution is 6.09. The highest BCUT2D eigenvalue weighted by atomic mass is 16.1. The maximum atomic E-state index is 12.6. The van der Waals surface area contributed by atoms with Gasteiger partial charge in [0.1, 0.15) is 0 Å². The number of nitrogens with two attached hydrogens (primary N) is 2. The Balaban J connectivity index is 1.02. The Hall–Kier alpha value is -3.94. The summed E-state index contributed by atoms with van der Waals surface area (Å²) < 4.78 is 0. The fourth-order valence-corrected chi connectivity index (χ4v) is 5.56. The standard InChI is InChI=1S/C33H40N6O/c1-36-21-28(19-34)25-10-12-26(13-11-25)29-18-32(29)37-20-23-14-16-39(17-15-23)22-24-6-8-27(9-7-24)33(40)38-31-5-3-2-4-30(31)35/h2-13,19,21,23,29,32,37H,14-18,20,22,34-35H2,1H3,(H,38,40). The first-order valence-electron chi connectivity index (χ1n) is 14.2. The molecule has 1 saturated heterocycles. The number of hydrogen-bond acceptors (Lipinski definition) is 6. The molecule has 0 spiro atoms. The van der Waals surface area contributed by atoms with E-state index in [1.54, 1.807) is 25.5 Å². The number of nitrogens with zero attached hydrogens (tertiary/aromatic N) is 2. The molecule has 5 rings (SSSR count). The molecular weight excluding hydrogens is 496 g/mol. The first kappa shape index (κ1) is 27.6. The number of hydrogen-bond donors (Lipinski definition) is 4. The van der Waals surface area contributed by atoms with E-state index in [9.17, 15) is 4.79 Å². The highest BCUT2D eigenvalue weighted by Crippen LogP contribution is 2.41. The van der Waals surface area contributed by atoms with Crippen molar-refractivity contribution in [2.75, 3.05) is 37.7 Å². The Bertz CT molecular complexity index is 1340. The van der Waals surface area contributed by atoms with E-state index >= 15 is 0 Å². The van der Waals surface area contributed by atoms with Crippen molar-refractivity contribution in [1.29, 1.82) is 0 Å². The van der Waals surface area contributed by atoms with Crippen LogP contribution in [0, 0.1) is 5.92 Å². The highest BCUT2D eigenvalue weighted by Gasteiger charge is 2.38. The number of para-hydroxylation sites is 2. The monoisotopic (exact) mass is 536 g/mol. The molecule has 0 aromatic heterocycles. The molecule has 1 aliphatic carbocycles. The normalized spacial score (nSPS) is 20.1. The van der Waals surface area contributed by atoms with Crippen molar-refractivity contribution in [3.05, 3.63) is 101 Å². The van der Waals surface area contributed by atoms with E-state index in [2.05, 4.69) is 56.9 Å². The van der Waals surface area contributed by atoms with Gasteiger partial charge in [0.05, 0.1) is 11.4 Å². The smallest absolute Gasteiger partial charge is 0.255 e. The van der Waals surface area contributed by atoms with Crippen molar-refractivity contribution in [3.8, 4) is 0 Å². The van der Waals surface area contributed by atoms with Crippen LogP contribution < -0.4 is 22.1 Å². The van der Waals surface area contributed by atoms with Gasteiger partial charge in [-0.1, -0.05) is 48.5 Å². The molecule has 2 unspecified atom stereocenters. The lowest BCUT2D eigenvalue weighted by atomic mass is 9.96. The maximum Gasteiger partial charge on any atom is 0.255 e. The Labute approximate surface area is 237 Å². The summed E-state index contributed by atoms with van der Waals surface area (Å²) in [5.41, 5.74) is 18.2. The van der Waals surface area contributed by atoms with Gasteiger partial charge in [-0.2, -0.15) is 0 Å². The number of carbonyl (C=O) groups excluding carboxylic acids is 1. The molecule has 3 aromatic rings. The first-order chi connectivity index (χ1) is 19.5. The lowest BCUT2D eigenvalue weighted by Gasteiger charge is -2.32.